The third kappa shape index (κ3) is 8.10. The van der Waals surface area contributed by atoms with Gasteiger partial charge in [-0.1, -0.05) is 40.0 Å². The maximum atomic E-state index is 8.98. The van der Waals surface area contributed by atoms with Crippen molar-refractivity contribution in [3.8, 4) is 0 Å². The maximum Gasteiger partial charge on any atom is 0.0787 e. The highest BCUT2D eigenvalue weighted by Gasteiger charge is 2.24. The average molecular weight is 258 g/mol. The standard InChI is InChI=1S/C16H36NO/c1-4-7-12-17(13-8-5-2,14-9-6-3)15-10-11-16-18/h18H,4-16H2,1-3H3/q+1. The van der Waals surface area contributed by atoms with Gasteiger partial charge in [-0.2, -0.15) is 0 Å². The van der Waals surface area contributed by atoms with Crippen molar-refractivity contribution in [2.24, 2.45) is 0 Å². The van der Waals surface area contributed by atoms with Crippen LogP contribution in [0.2, 0.25) is 0 Å². The molecule has 0 bridgehead atoms. The topological polar surface area (TPSA) is 20.2 Å². The Bertz CT molecular complexity index is 149. The van der Waals surface area contributed by atoms with Gasteiger partial charge in [-0.15, -0.1) is 0 Å². The molecule has 0 rings (SSSR count). The molecule has 0 saturated heterocycles. The number of nitrogens with zero attached hydrogens (tertiary/aromatic N) is 1. The van der Waals surface area contributed by atoms with E-state index in [9.17, 15) is 0 Å². The van der Waals surface area contributed by atoms with Gasteiger partial charge >= 0.3 is 0 Å². The molecule has 0 amide bonds. The van der Waals surface area contributed by atoms with Crippen LogP contribution < -0.4 is 0 Å². The maximum absolute atomic E-state index is 8.98. The number of aliphatic hydroxyl groups excluding tert-OH is 1. The van der Waals surface area contributed by atoms with Crippen LogP contribution in [0, 0.1) is 0 Å². The summed E-state index contributed by atoms with van der Waals surface area (Å²) in [5.41, 5.74) is 0. The van der Waals surface area contributed by atoms with E-state index in [0.717, 1.165) is 6.42 Å². The second kappa shape index (κ2) is 12.0. The molecule has 2 nitrogen and oxygen atoms in total. The van der Waals surface area contributed by atoms with Crippen molar-refractivity contribution in [2.45, 2.75) is 72.1 Å². The van der Waals surface area contributed by atoms with Gasteiger partial charge in [-0.25, -0.2) is 0 Å². The van der Waals surface area contributed by atoms with Crippen molar-refractivity contribution in [1.29, 1.82) is 0 Å². The fourth-order valence-electron chi connectivity index (χ4n) is 2.71. The zero-order valence-electron chi connectivity index (χ0n) is 13.1. The third-order valence-corrected chi connectivity index (χ3v) is 4.00. The van der Waals surface area contributed by atoms with E-state index in [1.165, 1.54) is 75.6 Å². The largest absolute Gasteiger partial charge is 0.396 e. The van der Waals surface area contributed by atoms with Crippen molar-refractivity contribution in [3.05, 3.63) is 0 Å². The van der Waals surface area contributed by atoms with Gasteiger partial charge in [-0.3, -0.25) is 0 Å². The Morgan fingerprint density at radius 1 is 0.611 bits per heavy atom. The number of aliphatic hydroxyl groups is 1. The SMILES string of the molecule is CCCC[N+](CCCC)(CCCC)CCCCO. The van der Waals surface area contributed by atoms with Gasteiger partial charge in [0.2, 0.25) is 0 Å². The molecule has 0 aromatic rings. The quantitative estimate of drug-likeness (QED) is 0.391. The summed E-state index contributed by atoms with van der Waals surface area (Å²) in [4.78, 5) is 0. The lowest BCUT2D eigenvalue weighted by Gasteiger charge is -2.39. The van der Waals surface area contributed by atoms with Gasteiger partial charge in [0.15, 0.2) is 0 Å². The Hall–Kier alpha value is -0.0800. The Morgan fingerprint density at radius 3 is 1.33 bits per heavy atom. The Balaban J connectivity index is 4.41. The van der Waals surface area contributed by atoms with E-state index in [1.54, 1.807) is 0 Å². The van der Waals surface area contributed by atoms with Crippen molar-refractivity contribution < 1.29 is 9.59 Å². The Labute approximate surface area is 115 Å². The van der Waals surface area contributed by atoms with Crippen LogP contribution in [-0.2, 0) is 0 Å². The molecule has 18 heavy (non-hydrogen) atoms. The minimum atomic E-state index is 0.356. The molecule has 0 aliphatic carbocycles. The molecule has 110 valence electrons. The second-order valence-corrected chi connectivity index (χ2v) is 5.73. The first kappa shape index (κ1) is 17.9. The molecule has 1 N–H and O–H groups in total. The fraction of sp³-hybridized carbons (Fsp3) is 1.00. The summed E-state index contributed by atoms with van der Waals surface area (Å²) < 4.78 is 1.32. The van der Waals surface area contributed by atoms with Crippen molar-refractivity contribution in [3.63, 3.8) is 0 Å². The summed E-state index contributed by atoms with van der Waals surface area (Å²) in [6.45, 7) is 12.6. The Morgan fingerprint density at radius 2 is 1.00 bits per heavy atom. The van der Waals surface area contributed by atoms with Crippen molar-refractivity contribution in [1.82, 2.24) is 0 Å². The number of unbranched alkanes of at least 4 members (excludes halogenated alkanes) is 4. The summed E-state index contributed by atoms with van der Waals surface area (Å²) in [5, 5.41) is 8.98. The monoisotopic (exact) mass is 258 g/mol. The zero-order valence-corrected chi connectivity index (χ0v) is 13.1. The van der Waals surface area contributed by atoms with Gasteiger partial charge in [0.25, 0.3) is 0 Å². The molecule has 0 aliphatic rings. The van der Waals surface area contributed by atoms with E-state index in [-0.39, 0.29) is 0 Å². The Kier molecular flexibility index (Phi) is 11.9. The van der Waals surface area contributed by atoms with Crippen LogP contribution in [0.5, 0.6) is 0 Å². The molecule has 0 atom stereocenters. The van der Waals surface area contributed by atoms with E-state index in [2.05, 4.69) is 20.8 Å². The molecule has 0 aromatic heterocycles. The van der Waals surface area contributed by atoms with Crippen LogP contribution in [0.25, 0.3) is 0 Å². The van der Waals surface area contributed by atoms with Crippen molar-refractivity contribution >= 4 is 0 Å². The van der Waals surface area contributed by atoms with E-state index >= 15 is 0 Å². The van der Waals surface area contributed by atoms with Gasteiger partial charge in [-0.05, 0) is 32.1 Å². The van der Waals surface area contributed by atoms with Crippen LogP contribution in [0.15, 0.2) is 0 Å². The van der Waals surface area contributed by atoms with E-state index < -0.39 is 0 Å². The lowest BCUT2D eigenvalue weighted by Crippen LogP contribution is -2.50. The van der Waals surface area contributed by atoms with Gasteiger partial charge in [0, 0.05) is 6.61 Å². The highest BCUT2D eigenvalue weighted by Crippen LogP contribution is 2.16. The molecule has 0 spiro atoms. The number of quaternary nitrogens is 1. The van der Waals surface area contributed by atoms with Crippen LogP contribution in [0.4, 0.5) is 0 Å². The fourth-order valence-corrected chi connectivity index (χ4v) is 2.71. The summed E-state index contributed by atoms with van der Waals surface area (Å²) in [6.07, 6.45) is 10.1. The molecule has 0 aliphatic heterocycles. The molecule has 2 heteroatoms. The third-order valence-electron chi connectivity index (χ3n) is 4.00. The van der Waals surface area contributed by atoms with Crippen LogP contribution in [0.3, 0.4) is 0 Å². The van der Waals surface area contributed by atoms with Crippen LogP contribution >= 0.6 is 0 Å². The zero-order chi connectivity index (χ0) is 13.7. The summed E-state index contributed by atoms with van der Waals surface area (Å²) >= 11 is 0. The molecular weight excluding hydrogens is 222 g/mol. The second-order valence-electron chi connectivity index (χ2n) is 5.73. The number of rotatable bonds is 13. The van der Waals surface area contributed by atoms with Crippen molar-refractivity contribution in [2.75, 3.05) is 32.8 Å². The van der Waals surface area contributed by atoms with E-state index in [1.807, 2.05) is 0 Å². The molecule has 0 radical (unpaired) electrons. The highest BCUT2D eigenvalue weighted by molar-refractivity contribution is 4.50. The normalized spacial score (nSPS) is 12.0. The first-order valence-electron chi connectivity index (χ1n) is 8.20. The van der Waals surface area contributed by atoms with Crippen LogP contribution in [-0.4, -0.2) is 42.4 Å². The predicted octanol–water partition coefficient (Wildman–Crippen LogP) is 3.98. The molecule has 0 unspecified atom stereocenters. The minimum absolute atomic E-state index is 0.356. The average Bonchev–Trinajstić information content (AvgIpc) is 2.40. The molecule has 0 fully saturated rings. The molecule has 0 aromatic carbocycles. The first-order chi connectivity index (χ1) is 8.74. The summed E-state index contributed by atoms with van der Waals surface area (Å²) in [6, 6.07) is 0. The minimum Gasteiger partial charge on any atom is -0.396 e. The van der Waals surface area contributed by atoms with E-state index in [4.69, 9.17) is 5.11 Å². The summed E-state index contributed by atoms with van der Waals surface area (Å²) in [5.74, 6) is 0. The first-order valence-corrected chi connectivity index (χ1v) is 8.20. The summed E-state index contributed by atoms with van der Waals surface area (Å²) in [7, 11) is 0. The molecule has 0 heterocycles. The number of hydrogen-bond donors (Lipinski definition) is 1. The lowest BCUT2D eigenvalue weighted by atomic mass is 10.1. The number of hydrogen-bond acceptors (Lipinski definition) is 1. The smallest absolute Gasteiger partial charge is 0.0787 e. The molecule has 0 saturated carbocycles. The highest BCUT2D eigenvalue weighted by atomic mass is 16.2. The van der Waals surface area contributed by atoms with Gasteiger partial charge < -0.3 is 9.59 Å². The van der Waals surface area contributed by atoms with Gasteiger partial charge in [0.05, 0.1) is 26.2 Å². The predicted molar refractivity (Wildman–Crippen MR) is 80.8 cm³/mol. The van der Waals surface area contributed by atoms with Crippen LogP contribution in [0.1, 0.15) is 72.1 Å². The van der Waals surface area contributed by atoms with E-state index in [0.29, 0.717) is 6.61 Å². The molecular formula is C16H36NO+. The van der Waals surface area contributed by atoms with Gasteiger partial charge in [0.1, 0.15) is 0 Å². The lowest BCUT2D eigenvalue weighted by molar-refractivity contribution is -0.929.